The monoisotopic (exact) mass is 340 g/mol. The molecule has 3 aromatic rings. The van der Waals surface area contributed by atoms with Crippen LogP contribution >= 0.6 is 12.2 Å². The van der Waals surface area contributed by atoms with Gasteiger partial charge in [-0.05, 0) is 60.4 Å². The molecule has 24 heavy (non-hydrogen) atoms. The van der Waals surface area contributed by atoms with Crippen molar-refractivity contribution in [2.24, 2.45) is 0 Å². The summed E-state index contributed by atoms with van der Waals surface area (Å²) >= 11 is 5.26. The molecule has 0 amide bonds. The number of non-ortho nitro benzene ring substituents is 1. The Balaban J connectivity index is 1.58. The molecule has 6 nitrogen and oxygen atoms in total. The van der Waals surface area contributed by atoms with E-state index in [1.165, 1.54) is 17.5 Å². The van der Waals surface area contributed by atoms with Gasteiger partial charge in [-0.3, -0.25) is 10.1 Å². The van der Waals surface area contributed by atoms with E-state index < -0.39 is 4.92 Å². The van der Waals surface area contributed by atoms with Crippen molar-refractivity contribution >= 4 is 39.6 Å². The molecular formula is C17H16N4O2S. The fourth-order valence-electron chi connectivity index (χ4n) is 2.46. The second-order valence-electron chi connectivity index (χ2n) is 5.49. The van der Waals surface area contributed by atoms with Crippen molar-refractivity contribution in [3.8, 4) is 0 Å². The molecule has 2 aromatic carbocycles. The molecule has 0 radical (unpaired) electrons. The van der Waals surface area contributed by atoms with E-state index in [0.29, 0.717) is 17.3 Å². The molecule has 0 fully saturated rings. The van der Waals surface area contributed by atoms with Crippen molar-refractivity contribution in [2.75, 3.05) is 5.32 Å². The summed E-state index contributed by atoms with van der Waals surface area (Å²) in [5.74, 6) is 0. The smallest absolute Gasteiger partial charge is 0.269 e. The summed E-state index contributed by atoms with van der Waals surface area (Å²) in [5, 5.41) is 18.4. The van der Waals surface area contributed by atoms with E-state index in [2.05, 4.69) is 27.8 Å². The molecule has 0 aliphatic rings. The summed E-state index contributed by atoms with van der Waals surface area (Å²) in [6, 6.07) is 14.4. The number of hydrogen-bond donors (Lipinski definition) is 3. The number of aromatic amines is 1. The highest BCUT2D eigenvalue weighted by molar-refractivity contribution is 7.80. The van der Waals surface area contributed by atoms with Gasteiger partial charge < -0.3 is 15.6 Å². The Bertz CT molecular complexity index is 903. The van der Waals surface area contributed by atoms with Gasteiger partial charge in [0.1, 0.15) is 0 Å². The van der Waals surface area contributed by atoms with Crippen LogP contribution in [0, 0.1) is 17.0 Å². The fraction of sp³-hybridized carbons (Fsp3) is 0.118. The molecular weight excluding hydrogens is 324 g/mol. The maximum Gasteiger partial charge on any atom is 0.269 e. The first kappa shape index (κ1) is 15.9. The zero-order valence-corrected chi connectivity index (χ0v) is 13.8. The van der Waals surface area contributed by atoms with Crippen LogP contribution in [0.5, 0.6) is 0 Å². The van der Waals surface area contributed by atoms with Gasteiger partial charge >= 0.3 is 0 Å². The van der Waals surface area contributed by atoms with Crippen molar-refractivity contribution in [2.45, 2.75) is 13.5 Å². The molecule has 0 saturated carbocycles. The Hall–Kier alpha value is -2.93. The second kappa shape index (κ2) is 6.67. The highest BCUT2D eigenvalue weighted by Gasteiger charge is 2.05. The van der Waals surface area contributed by atoms with Gasteiger partial charge in [-0.25, -0.2) is 0 Å². The zero-order valence-electron chi connectivity index (χ0n) is 13.0. The molecule has 0 atom stereocenters. The number of aryl methyl sites for hydroxylation is 1. The largest absolute Gasteiger partial charge is 0.359 e. The van der Waals surface area contributed by atoms with Crippen LogP contribution in [0.25, 0.3) is 10.9 Å². The van der Waals surface area contributed by atoms with E-state index in [-0.39, 0.29) is 5.69 Å². The molecule has 3 N–H and O–H groups in total. The third kappa shape index (κ3) is 3.69. The number of fused-ring (bicyclic) bond motifs is 1. The molecule has 7 heteroatoms. The third-order valence-corrected chi connectivity index (χ3v) is 3.86. The van der Waals surface area contributed by atoms with Crippen molar-refractivity contribution in [1.29, 1.82) is 0 Å². The highest BCUT2D eigenvalue weighted by atomic mass is 32.1. The first-order valence-electron chi connectivity index (χ1n) is 7.39. The Morgan fingerprint density at radius 3 is 2.67 bits per heavy atom. The number of nitro benzene ring substituents is 1. The second-order valence-corrected chi connectivity index (χ2v) is 5.89. The van der Waals surface area contributed by atoms with Crippen LogP contribution in [-0.4, -0.2) is 15.0 Å². The van der Waals surface area contributed by atoms with E-state index in [9.17, 15) is 10.1 Å². The Morgan fingerprint density at radius 1 is 1.21 bits per heavy atom. The molecule has 0 unspecified atom stereocenters. The molecule has 0 aliphatic heterocycles. The van der Waals surface area contributed by atoms with Crippen LogP contribution in [0.3, 0.4) is 0 Å². The first-order chi connectivity index (χ1) is 11.5. The SMILES string of the molecule is Cc1cc2cc(CNC(=S)Nc3ccc([N+](=O)[O-])cc3)ccc2[nH]1. The third-order valence-electron chi connectivity index (χ3n) is 3.61. The number of nitro groups is 1. The average molecular weight is 340 g/mol. The van der Waals surface area contributed by atoms with E-state index in [1.54, 1.807) is 12.1 Å². The van der Waals surface area contributed by atoms with Crippen LogP contribution in [0.2, 0.25) is 0 Å². The lowest BCUT2D eigenvalue weighted by molar-refractivity contribution is -0.384. The van der Waals surface area contributed by atoms with Crippen molar-refractivity contribution in [1.82, 2.24) is 10.3 Å². The van der Waals surface area contributed by atoms with Crippen LogP contribution < -0.4 is 10.6 Å². The van der Waals surface area contributed by atoms with E-state index in [0.717, 1.165) is 16.8 Å². The molecule has 3 rings (SSSR count). The number of thiocarbonyl (C=S) groups is 1. The Labute approximate surface area is 144 Å². The average Bonchev–Trinajstić information content (AvgIpc) is 2.92. The number of anilines is 1. The maximum atomic E-state index is 10.6. The molecule has 1 aromatic heterocycles. The van der Waals surface area contributed by atoms with Crippen LogP contribution in [0.1, 0.15) is 11.3 Å². The Morgan fingerprint density at radius 2 is 1.96 bits per heavy atom. The summed E-state index contributed by atoms with van der Waals surface area (Å²) in [4.78, 5) is 13.5. The van der Waals surface area contributed by atoms with Gasteiger partial charge in [-0.15, -0.1) is 0 Å². The summed E-state index contributed by atoms with van der Waals surface area (Å²) in [6.45, 7) is 2.63. The minimum Gasteiger partial charge on any atom is -0.359 e. The van der Waals surface area contributed by atoms with Gasteiger partial charge in [-0.1, -0.05) is 6.07 Å². The number of aromatic nitrogens is 1. The van der Waals surface area contributed by atoms with Crippen molar-refractivity contribution in [3.05, 3.63) is 69.9 Å². The number of rotatable bonds is 4. The van der Waals surface area contributed by atoms with Gasteiger partial charge in [-0.2, -0.15) is 0 Å². The van der Waals surface area contributed by atoms with Gasteiger partial charge in [0, 0.05) is 35.6 Å². The maximum absolute atomic E-state index is 10.6. The van der Waals surface area contributed by atoms with Gasteiger partial charge in [0.2, 0.25) is 0 Å². The minimum absolute atomic E-state index is 0.0505. The standard InChI is InChI=1S/C17H16N4O2S/c1-11-8-13-9-12(2-7-16(13)19-11)10-18-17(24)20-14-3-5-15(6-4-14)21(22)23/h2-9,19H,10H2,1H3,(H2,18,20,24). The fourth-order valence-corrected chi connectivity index (χ4v) is 2.65. The van der Waals surface area contributed by atoms with Crippen LogP contribution in [0.15, 0.2) is 48.5 Å². The topological polar surface area (TPSA) is 83.0 Å². The molecule has 0 aliphatic carbocycles. The summed E-state index contributed by atoms with van der Waals surface area (Å²) in [5.41, 5.74) is 4.12. The van der Waals surface area contributed by atoms with E-state index in [4.69, 9.17) is 12.2 Å². The highest BCUT2D eigenvalue weighted by Crippen LogP contribution is 2.17. The lowest BCUT2D eigenvalue weighted by Gasteiger charge is -2.10. The van der Waals surface area contributed by atoms with Gasteiger partial charge in [0.05, 0.1) is 4.92 Å². The summed E-state index contributed by atoms with van der Waals surface area (Å²) in [6.07, 6.45) is 0. The quantitative estimate of drug-likeness (QED) is 0.381. The molecule has 0 spiro atoms. The minimum atomic E-state index is -0.431. The van der Waals surface area contributed by atoms with E-state index >= 15 is 0 Å². The summed E-state index contributed by atoms with van der Waals surface area (Å²) < 4.78 is 0. The molecule has 0 bridgehead atoms. The van der Waals surface area contributed by atoms with Gasteiger partial charge in [0.15, 0.2) is 5.11 Å². The number of H-pyrrole nitrogens is 1. The lowest BCUT2D eigenvalue weighted by Crippen LogP contribution is -2.27. The van der Waals surface area contributed by atoms with Crippen LogP contribution in [0.4, 0.5) is 11.4 Å². The lowest BCUT2D eigenvalue weighted by atomic mass is 10.1. The van der Waals surface area contributed by atoms with Crippen molar-refractivity contribution in [3.63, 3.8) is 0 Å². The first-order valence-corrected chi connectivity index (χ1v) is 7.79. The normalized spacial score (nSPS) is 10.5. The number of nitrogens with zero attached hydrogens (tertiary/aromatic N) is 1. The summed E-state index contributed by atoms with van der Waals surface area (Å²) in [7, 11) is 0. The number of benzene rings is 2. The van der Waals surface area contributed by atoms with Crippen molar-refractivity contribution < 1.29 is 4.92 Å². The van der Waals surface area contributed by atoms with Crippen LogP contribution in [-0.2, 0) is 6.54 Å². The zero-order chi connectivity index (χ0) is 17.1. The Kier molecular flexibility index (Phi) is 4.43. The molecule has 122 valence electrons. The number of nitrogens with one attached hydrogen (secondary N) is 3. The molecule has 1 heterocycles. The predicted molar refractivity (Wildman–Crippen MR) is 99.2 cm³/mol. The number of hydrogen-bond acceptors (Lipinski definition) is 3. The predicted octanol–water partition coefficient (Wildman–Crippen LogP) is 3.87. The molecule has 0 saturated heterocycles. The van der Waals surface area contributed by atoms with Gasteiger partial charge in [0.25, 0.3) is 5.69 Å². The van der Waals surface area contributed by atoms with E-state index in [1.807, 2.05) is 19.1 Å².